The summed E-state index contributed by atoms with van der Waals surface area (Å²) in [4.78, 5) is 31.1. The third-order valence-corrected chi connectivity index (χ3v) is 5.50. The van der Waals surface area contributed by atoms with Crippen molar-refractivity contribution in [3.63, 3.8) is 0 Å². The van der Waals surface area contributed by atoms with Crippen molar-refractivity contribution in [3.8, 4) is 11.6 Å². The van der Waals surface area contributed by atoms with Gasteiger partial charge in [0.15, 0.2) is 5.16 Å². The summed E-state index contributed by atoms with van der Waals surface area (Å²) in [6, 6.07) is 7.51. The largest absolute Gasteiger partial charge is 0.493 e. The van der Waals surface area contributed by atoms with Gasteiger partial charge in [-0.25, -0.2) is 0 Å². The number of carbonyl (C=O) groups excluding carboxylic acids is 1. The van der Waals surface area contributed by atoms with Crippen molar-refractivity contribution in [3.05, 3.63) is 45.7 Å². The Morgan fingerprint density at radius 2 is 1.81 bits per heavy atom. The molecule has 0 bridgehead atoms. The fourth-order valence-electron chi connectivity index (χ4n) is 2.95. The van der Waals surface area contributed by atoms with Gasteiger partial charge in [-0.1, -0.05) is 29.5 Å². The molecule has 0 unspecified atom stereocenters. The summed E-state index contributed by atoms with van der Waals surface area (Å²) >= 11 is 1.19. The van der Waals surface area contributed by atoms with Crippen LogP contribution in [0.15, 0.2) is 34.2 Å². The zero-order chi connectivity index (χ0) is 18.7. The Kier molecular flexibility index (Phi) is 5.66. The number of benzene rings is 1. The number of thioether (sulfide) groups is 1. The number of aryl methyl sites for hydroxylation is 1. The number of carbonyl (C=O) groups is 1. The minimum absolute atomic E-state index is 0.0412. The normalized spacial score (nSPS) is 14.5. The summed E-state index contributed by atoms with van der Waals surface area (Å²) in [5, 5.41) is 10.3. The maximum atomic E-state index is 12.7. The van der Waals surface area contributed by atoms with Crippen LogP contribution in [0.25, 0.3) is 5.69 Å². The van der Waals surface area contributed by atoms with Crippen molar-refractivity contribution in [2.45, 2.75) is 38.3 Å². The van der Waals surface area contributed by atoms with Gasteiger partial charge in [-0.2, -0.15) is 4.98 Å². The first-order chi connectivity index (χ1) is 12.5. The van der Waals surface area contributed by atoms with Crippen molar-refractivity contribution in [2.24, 2.45) is 0 Å². The zero-order valence-electron chi connectivity index (χ0n) is 15.1. The molecule has 2 heterocycles. The van der Waals surface area contributed by atoms with Gasteiger partial charge < -0.3 is 10.0 Å². The van der Waals surface area contributed by atoms with E-state index < -0.39 is 0 Å². The van der Waals surface area contributed by atoms with Gasteiger partial charge in [-0.15, -0.1) is 0 Å². The molecule has 3 rings (SSSR count). The first-order valence-corrected chi connectivity index (χ1v) is 9.76. The Bertz CT molecular complexity index is 856. The maximum Gasteiger partial charge on any atom is 0.265 e. The minimum atomic E-state index is -0.325. The molecule has 1 aliphatic rings. The lowest BCUT2D eigenvalue weighted by Crippen LogP contribution is -2.37. The second kappa shape index (κ2) is 7.95. The Morgan fingerprint density at radius 3 is 2.46 bits per heavy atom. The van der Waals surface area contributed by atoms with Crippen molar-refractivity contribution in [1.29, 1.82) is 0 Å². The number of aromatic nitrogens is 2. The van der Waals surface area contributed by atoms with Crippen LogP contribution in [0.4, 0.5) is 0 Å². The van der Waals surface area contributed by atoms with E-state index in [1.165, 1.54) is 16.3 Å². The Balaban J connectivity index is 1.89. The van der Waals surface area contributed by atoms with Crippen LogP contribution >= 0.6 is 11.8 Å². The molecule has 0 aliphatic carbocycles. The van der Waals surface area contributed by atoms with E-state index in [0.29, 0.717) is 10.8 Å². The number of hydrogen-bond donors (Lipinski definition) is 1. The molecular weight excluding hydrogens is 350 g/mol. The van der Waals surface area contributed by atoms with Gasteiger partial charge >= 0.3 is 0 Å². The molecule has 1 N–H and O–H groups in total. The Morgan fingerprint density at radius 1 is 1.15 bits per heavy atom. The molecule has 1 fully saturated rings. The molecular formula is C19H23N3O3S. The summed E-state index contributed by atoms with van der Waals surface area (Å²) in [5.41, 5.74) is 1.62. The molecule has 1 aromatic carbocycles. The van der Waals surface area contributed by atoms with E-state index in [1.807, 2.05) is 36.1 Å². The van der Waals surface area contributed by atoms with E-state index in [1.54, 1.807) is 6.92 Å². The average Bonchev–Trinajstić information content (AvgIpc) is 2.66. The van der Waals surface area contributed by atoms with Gasteiger partial charge in [0.1, 0.15) is 0 Å². The van der Waals surface area contributed by atoms with Crippen LogP contribution in [0, 0.1) is 13.8 Å². The van der Waals surface area contributed by atoms with Gasteiger partial charge in [-0.05, 0) is 45.2 Å². The molecule has 2 aromatic rings. The lowest BCUT2D eigenvalue weighted by atomic mass is 10.1. The molecule has 26 heavy (non-hydrogen) atoms. The van der Waals surface area contributed by atoms with Crippen LogP contribution in [-0.2, 0) is 4.79 Å². The number of amides is 1. The SMILES string of the molecule is Cc1ccc(-n2c(SCC(=O)N3CCCCC3)nc(O)c(C)c2=O)cc1. The topological polar surface area (TPSA) is 75.4 Å². The first-order valence-electron chi connectivity index (χ1n) is 8.77. The van der Waals surface area contributed by atoms with Crippen molar-refractivity contribution < 1.29 is 9.90 Å². The summed E-state index contributed by atoms with van der Waals surface area (Å²) in [7, 11) is 0. The van der Waals surface area contributed by atoms with E-state index >= 15 is 0 Å². The van der Waals surface area contributed by atoms with Gasteiger partial charge in [0.25, 0.3) is 5.56 Å². The molecule has 0 atom stereocenters. The van der Waals surface area contributed by atoms with E-state index in [2.05, 4.69) is 4.98 Å². The number of likely N-dealkylation sites (tertiary alicyclic amines) is 1. The second-order valence-corrected chi connectivity index (χ2v) is 7.49. The van der Waals surface area contributed by atoms with Crippen LogP contribution in [-0.4, -0.2) is 44.3 Å². The van der Waals surface area contributed by atoms with Crippen molar-refractivity contribution in [2.75, 3.05) is 18.8 Å². The molecule has 0 saturated carbocycles. The molecule has 1 saturated heterocycles. The fourth-order valence-corrected chi connectivity index (χ4v) is 3.86. The van der Waals surface area contributed by atoms with E-state index in [-0.39, 0.29) is 28.7 Å². The average molecular weight is 373 g/mol. The standard InChI is InChI=1S/C19H23N3O3S/c1-13-6-8-15(9-7-13)22-18(25)14(2)17(24)20-19(22)26-12-16(23)21-10-4-3-5-11-21/h6-9,24H,3-5,10-12H2,1-2H3. The number of nitrogens with zero attached hydrogens (tertiary/aromatic N) is 3. The third-order valence-electron chi connectivity index (χ3n) is 4.58. The van der Waals surface area contributed by atoms with Gasteiger partial charge in [0, 0.05) is 13.1 Å². The Labute approximate surface area is 156 Å². The second-order valence-electron chi connectivity index (χ2n) is 6.55. The molecule has 0 spiro atoms. The predicted molar refractivity (Wildman–Crippen MR) is 102 cm³/mol. The highest BCUT2D eigenvalue weighted by atomic mass is 32.2. The zero-order valence-corrected chi connectivity index (χ0v) is 15.9. The number of aromatic hydroxyl groups is 1. The predicted octanol–water partition coefficient (Wildman–Crippen LogP) is 2.66. The van der Waals surface area contributed by atoms with Crippen molar-refractivity contribution in [1.82, 2.24) is 14.5 Å². The Hall–Kier alpha value is -2.28. The monoisotopic (exact) mass is 373 g/mol. The lowest BCUT2D eigenvalue weighted by molar-refractivity contribution is -0.129. The molecule has 1 amide bonds. The van der Waals surface area contributed by atoms with E-state index in [4.69, 9.17) is 0 Å². The molecule has 1 aromatic heterocycles. The maximum absolute atomic E-state index is 12.7. The summed E-state index contributed by atoms with van der Waals surface area (Å²) in [6.07, 6.45) is 3.24. The molecule has 0 radical (unpaired) electrons. The highest BCUT2D eigenvalue weighted by Crippen LogP contribution is 2.23. The minimum Gasteiger partial charge on any atom is -0.493 e. The molecule has 1 aliphatic heterocycles. The third kappa shape index (κ3) is 3.93. The van der Waals surface area contributed by atoms with Crippen LogP contribution in [0.5, 0.6) is 5.88 Å². The van der Waals surface area contributed by atoms with Crippen molar-refractivity contribution >= 4 is 17.7 Å². The van der Waals surface area contributed by atoms with Crippen LogP contribution in [0.3, 0.4) is 0 Å². The first kappa shape index (κ1) is 18.5. The summed E-state index contributed by atoms with van der Waals surface area (Å²) in [6.45, 7) is 5.09. The highest BCUT2D eigenvalue weighted by Gasteiger charge is 2.20. The lowest BCUT2D eigenvalue weighted by Gasteiger charge is -2.26. The summed E-state index contributed by atoms with van der Waals surface area (Å²) in [5.74, 6) is -0.0494. The van der Waals surface area contributed by atoms with Gasteiger partial charge in [-0.3, -0.25) is 14.2 Å². The van der Waals surface area contributed by atoms with Gasteiger partial charge in [0.05, 0.1) is 17.0 Å². The van der Waals surface area contributed by atoms with E-state index in [0.717, 1.165) is 37.9 Å². The van der Waals surface area contributed by atoms with Crippen LogP contribution in [0.1, 0.15) is 30.4 Å². The number of rotatable bonds is 4. The van der Waals surface area contributed by atoms with Crippen LogP contribution in [0.2, 0.25) is 0 Å². The quantitative estimate of drug-likeness (QED) is 0.659. The number of hydrogen-bond acceptors (Lipinski definition) is 5. The van der Waals surface area contributed by atoms with E-state index in [9.17, 15) is 14.7 Å². The molecule has 6 nitrogen and oxygen atoms in total. The molecule has 7 heteroatoms. The smallest absolute Gasteiger partial charge is 0.265 e. The van der Waals surface area contributed by atoms with Crippen LogP contribution < -0.4 is 5.56 Å². The molecule has 138 valence electrons. The van der Waals surface area contributed by atoms with Gasteiger partial charge in [0.2, 0.25) is 11.8 Å². The fraction of sp³-hybridized carbons (Fsp3) is 0.421. The highest BCUT2D eigenvalue weighted by molar-refractivity contribution is 7.99. The summed E-state index contributed by atoms with van der Waals surface area (Å²) < 4.78 is 1.46. The number of piperidine rings is 1.